The minimum Gasteiger partial charge on any atom is -0.467 e. The highest BCUT2D eigenvalue weighted by atomic mass is 16.6. The monoisotopic (exact) mass is 531 g/mol. The van der Waals surface area contributed by atoms with Gasteiger partial charge in [0.05, 0.1) is 7.11 Å². The molecule has 0 saturated carbocycles. The minimum absolute atomic E-state index is 0.0728. The number of aromatic nitrogens is 2. The van der Waals surface area contributed by atoms with E-state index in [0.29, 0.717) is 16.4 Å². The largest absolute Gasteiger partial charge is 0.467 e. The standard InChI is InChI=1S/C27H37N3O8/c1-17-21(23(32)36-16-18-12-10-9-11-13-18)29-20(28-17)15-14-19(22(31)35-8)30(24(33)37-26(2,3)4)25(34)38-27(5,6)7/h9-13,19H,14-16H2,1-8H3,(H,28,29)/t19-/m0/s1. The van der Waals surface area contributed by atoms with Gasteiger partial charge in [-0.25, -0.2) is 24.2 Å². The molecule has 208 valence electrons. The molecule has 1 N–H and O–H groups in total. The second-order valence-corrected chi connectivity index (χ2v) is 10.6. The van der Waals surface area contributed by atoms with Crippen LogP contribution in [0, 0.1) is 6.92 Å². The average Bonchev–Trinajstić information content (AvgIpc) is 3.18. The number of hydrogen-bond acceptors (Lipinski definition) is 9. The van der Waals surface area contributed by atoms with Crippen LogP contribution in [0.1, 0.15) is 75.5 Å². The number of ether oxygens (including phenoxy) is 4. The van der Waals surface area contributed by atoms with Crippen LogP contribution in [0.4, 0.5) is 9.59 Å². The molecule has 0 aliphatic heterocycles. The van der Waals surface area contributed by atoms with Gasteiger partial charge in [-0.3, -0.25) is 0 Å². The SMILES string of the molecule is COC(=O)[C@H](CCc1nc(C(=O)OCc2ccccc2)c(C)[nH]1)N(C(=O)OC(C)(C)C)C(=O)OC(C)(C)C. The van der Waals surface area contributed by atoms with Gasteiger partial charge in [0.1, 0.15) is 29.7 Å². The second kappa shape index (κ2) is 12.6. The van der Waals surface area contributed by atoms with Crippen LogP contribution in [0.5, 0.6) is 0 Å². The van der Waals surface area contributed by atoms with Crippen LogP contribution in [-0.4, -0.2) is 63.3 Å². The van der Waals surface area contributed by atoms with E-state index in [1.807, 2.05) is 30.3 Å². The number of aromatic amines is 1. The zero-order valence-electron chi connectivity index (χ0n) is 23.2. The number of imidazole rings is 1. The first-order valence-electron chi connectivity index (χ1n) is 12.2. The Morgan fingerprint density at radius 3 is 2.00 bits per heavy atom. The number of rotatable bonds is 8. The summed E-state index contributed by atoms with van der Waals surface area (Å²) in [5, 5.41) is 0. The van der Waals surface area contributed by atoms with Gasteiger partial charge in [0.15, 0.2) is 5.69 Å². The lowest BCUT2D eigenvalue weighted by molar-refractivity contribution is -0.147. The first-order chi connectivity index (χ1) is 17.6. The number of carbonyl (C=O) groups excluding carboxylic acids is 4. The van der Waals surface area contributed by atoms with Gasteiger partial charge in [0.25, 0.3) is 0 Å². The summed E-state index contributed by atoms with van der Waals surface area (Å²) in [4.78, 5) is 59.3. The molecule has 0 unspecified atom stereocenters. The third-order valence-electron chi connectivity index (χ3n) is 4.96. The highest BCUT2D eigenvalue weighted by Gasteiger charge is 2.41. The van der Waals surface area contributed by atoms with Crippen molar-refractivity contribution in [1.82, 2.24) is 14.9 Å². The molecule has 11 heteroatoms. The molecule has 0 aliphatic carbocycles. The Labute approximate surface area is 222 Å². The Morgan fingerprint density at radius 2 is 1.50 bits per heavy atom. The van der Waals surface area contributed by atoms with E-state index in [9.17, 15) is 19.2 Å². The third kappa shape index (κ3) is 9.20. The van der Waals surface area contributed by atoms with Gasteiger partial charge in [-0.2, -0.15) is 4.90 Å². The van der Waals surface area contributed by atoms with Gasteiger partial charge in [-0.1, -0.05) is 30.3 Å². The maximum atomic E-state index is 13.0. The van der Waals surface area contributed by atoms with E-state index in [1.165, 1.54) is 0 Å². The van der Waals surface area contributed by atoms with Crippen LogP contribution < -0.4 is 0 Å². The maximum Gasteiger partial charge on any atom is 0.420 e. The number of esters is 2. The first-order valence-corrected chi connectivity index (χ1v) is 12.2. The number of hydrogen-bond donors (Lipinski definition) is 1. The molecule has 0 radical (unpaired) electrons. The summed E-state index contributed by atoms with van der Waals surface area (Å²) in [6, 6.07) is 7.86. The predicted molar refractivity (Wildman–Crippen MR) is 137 cm³/mol. The molecule has 38 heavy (non-hydrogen) atoms. The Hall–Kier alpha value is -3.89. The van der Waals surface area contributed by atoms with Crippen molar-refractivity contribution in [3.8, 4) is 0 Å². The number of methoxy groups -OCH3 is 1. The van der Waals surface area contributed by atoms with Crippen LogP contribution in [-0.2, 0) is 36.8 Å². The number of carbonyl (C=O) groups is 4. The molecular formula is C27H37N3O8. The van der Waals surface area contributed by atoms with Crippen molar-refractivity contribution in [2.45, 2.75) is 85.2 Å². The smallest absolute Gasteiger partial charge is 0.420 e. The molecule has 1 aromatic carbocycles. The number of nitrogens with zero attached hydrogens (tertiary/aromatic N) is 2. The van der Waals surface area contributed by atoms with E-state index in [2.05, 4.69) is 9.97 Å². The van der Waals surface area contributed by atoms with Gasteiger partial charge >= 0.3 is 24.1 Å². The highest BCUT2D eigenvalue weighted by molar-refractivity contribution is 5.94. The van der Waals surface area contributed by atoms with Crippen molar-refractivity contribution in [2.24, 2.45) is 0 Å². The fraction of sp³-hybridized carbons (Fsp3) is 0.519. The van der Waals surface area contributed by atoms with Gasteiger partial charge in [0, 0.05) is 12.1 Å². The van der Waals surface area contributed by atoms with Crippen LogP contribution >= 0.6 is 0 Å². The van der Waals surface area contributed by atoms with Crippen molar-refractivity contribution in [2.75, 3.05) is 7.11 Å². The van der Waals surface area contributed by atoms with Crippen molar-refractivity contribution in [1.29, 1.82) is 0 Å². The number of imide groups is 1. The summed E-state index contributed by atoms with van der Waals surface area (Å²) in [5.74, 6) is -1.09. The molecule has 11 nitrogen and oxygen atoms in total. The summed E-state index contributed by atoms with van der Waals surface area (Å²) in [6.45, 7) is 11.6. The topological polar surface area (TPSA) is 137 Å². The number of benzene rings is 1. The van der Waals surface area contributed by atoms with Crippen LogP contribution in [0.25, 0.3) is 0 Å². The summed E-state index contributed by atoms with van der Waals surface area (Å²) in [5.41, 5.74) is -0.471. The summed E-state index contributed by atoms with van der Waals surface area (Å²) < 4.78 is 21.0. The van der Waals surface area contributed by atoms with E-state index in [0.717, 1.165) is 12.7 Å². The van der Waals surface area contributed by atoms with E-state index >= 15 is 0 Å². The van der Waals surface area contributed by atoms with Gasteiger partial charge < -0.3 is 23.9 Å². The lowest BCUT2D eigenvalue weighted by Gasteiger charge is -2.32. The maximum absolute atomic E-state index is 13.0. The Kier molecular flexibility index (Phi) is 10.0. The Morgan fingerprint density at radius 1 is 0.947 bits per heavy atom. The highest BCUT2D eigenvalue weighted by Crippen LogP contribution is 2.20. The molecule has 0 bridgehead atoms. The molecule has 1 atom stereocenters. The molecule has 0 saturated heterocycles. The van der Waals surface area contributed by atoms with Gasteiger partial charge in [-0.15, -0.1) is 0 Å². The van der Waals surface area contributed by atoms with E-state index < -0.39 is 41.4 Å². The van der Waals surface area contributed by atoms with Crippen molar-refractivity contribution in [3.05, 3.63) is 53.1 Å². The number of amides is 2. The molecule has 1 aromatic heterocycles. The molecule has 2 amide bonds. The van der Waals surface area contributed by atoms with E-state index in [1.54, 1.807) is 48.5 Å². The molecule has 2 aromatic rings. The van der Waals surface area contributed by atoms with E-state index in [-0.39, 0.29) is 25.1 Å². The molecule has 1 heterocycles. The minimum atomic E-state index is -1.37. The zero-order chi connectivity index (χ0) is 28.7. The zero-order valence-corrected chi connectivity index (χ0v) is 23.2. The average molecular weight is 532 g/mol. The fourth-order valence-electron chi connectivity index (χ4n) is 3.34. The van der Waals surface area contributed by atoms with Crippen LogP contribution in [0.3, 0.4) is 0 Å². The number of aryl methyl sites for hydroxylation is 2. The quantitative estimate of drug-likeness (QED) is 0.379. The van der Waals surface area contributed by atoms with Crippen molar-refractivity contribution < 1.29 is 38.1 Å². The van der Waals surface area contributed by atoms with Crippen molar-refractivity contribution in [3.63, 3.8) is 0 Å². The van der Waals surface area contributed by atoms with Crippen molar-refractivity contribution >= 4 is 24.1 Å². The third-order valence-corrected chi connectivity index (χ3v) is 4.96. The van der Waals surface area contributed by atoms with E-state index in [4.69, 9.17) is 18.9 Å². The summed E-state index contributed by atoms with van der Waals surface area (Å²) in [7, 11) is 1.15. The molecular weight excluding hydrogens is 494 g/mol. The van der Waals surface area contributed by atoms with Crippen LogP contribution in [0.2, 0.25) is 0 Å². The fourth-order valence-corrected chi connectivity index (χ4v) is 3.34. The summed E-state index contributed by atoms with van der Waals surface area (Å²) in [6.07, 6.45) is -2.09. The normalized spacial score (nSPS) is 12.3. The molecule has 0 spiro atoms. The lowest BCUT2D eigenvalue weighted by atomic mass is 10.1. The van der Waals surface area contributed by atoms with Gasteiger partial charge in [-0.05, 0) is 60.5 Å². The Bertz CT molecular complexity index is 1100. The molecule has 0 aliphatic rings. The summed E-state index contributed by atoms with van der Waals surface area (Å²) >= 11 is 0. The lowest BCUT2D eigenvalue weighted by Crippen LogP contribution is -2.52. The van der Waals surface area contributed by atoms with Gasteiger partial charge in [0.2, 0.25) is 0 Å². The first kappa shape index (κ1) is 30.3. The van der Waals surface area contributed by atoms with Crippen LogP contribution in [0.15, 0.2) is 30.3 Å². The second-order valence-electron chi connectivity index (χ2n) is 10.6. The molecule has 0 fully saturated rings. The predicted octanol–water partition coefficient (Wildman–Crippen LogP) is 4.72. The number of nitrogens with one attached hydrogen (secondary N) is 1. The Balaban J connectivity index is 2.23. The molecule has 2 rings (SSSR count). The number of H-pyrrole nitrogens is 1.